The maximum absolute atomic E-state index is 12.3. The first kappa shape index (κ1) is 15.5. The Hall–Kier alpha value is -0.920. The summed E-state index contributed by atoms with van der Waals surface area (Å²) in [6.45, 7) is 1.80. The van der Waals surface area contributed by atoms with E-state index in [1.807, 2.05) is 0 Å². The Kier molecular flexibility index (Phi) is 4.51. The second kappa shape index (κ2) is 5.83. The van der Waals surface area contributed by atoms with Crippen molar-refractivity contribution in [1.29, 1.82) is 0 Å². The van der Waals surface area contributed by atoms with Gasteiger partial charge in [-0.1, -0.05) is 15.9 Å². The SMILES string of the molecule is Cc1cc(S(=O)(=O)NC(CC(=O)O)C2CC2)ccc1Br. The molecule has 0 radical (unpaired) electrons. The molecule has 0 bridgehead atoms. The van der Waals surface area contributed by atoms with Crippen LogP contribution in [0.15, 0.2) is 27.6 Å². The number of nitrogens with one attached hydrogen (secondary N) is 1. The fourth-order valence-electron chi connectivity index (χ4n) is 2.04. The van der Waals surface area contributed by atoms with Gasteiger partial charge in [-0.05, 0) is 49.4 Å². The van der Waals surface area contributed by atoms with Crippen LogP contribution in [0.4, 0.5) is 0 Å². The van der Waals surface area contributed by atoms with Gasteiger partial charge in [-0.2, -0.15) is 0 Å². The smallest absolute Gasteiger partial charge is 0.304 e. The van der Waals surface area contributed by atoms with Crippen LogP contribution in [0, 0.1) is 12.8 Å². The molecule has 0 heterocycles. The molecule has 20 heavy (non-hydrogen) atoms. The van der Waals surface area contributed by atoms with Gasteiger partial charge in [-0.25, -0.2) is 13.1 Å². The predicted octanol–water partition coefficient (Wildman–Crippen LogP) is 2.29. The van der Waals surface area contributed by atoms with Gasteiger partial charge in [-0.3, -0.25) is 4.79 Å². The molecule has 7 heteroatoms. The van der Waals surface area contributed by atoms with E-state index in [0.717, 1.165) is 22.9 Å². The fourth-order valence-corrected chi connectivity index (χ4v) is 3.68. The van der Waals surface area contributed by atoms with Gasteiger partial charge < -0.3 is 5.11 Å². The van der Waals surface area contributed by atoms with Crippen LogP contribution in [0.3, 0.4) is 0 Å². The summed E-state index contributed by atoms with van der Waals surface area (Å²) < 4.78 is 28.0. The Morgan fingerprint density at radius 3 is 2.65 bits per heavy atom. The van der Waals surface area contributed by atoms with E-state index in [9.17, 15) is 13.2 Å². The average Bonchev–Trinajstić information content (AvgIpc) is 3.14. The Bertz CT molecular complexity index is 625. The van der Waals surface area contributed by atoms with Crippen LogP contribution in [0.5, 0.6) is 0 Å². The van der Waals surface area contributed by atoms with Gasteiger partial charge in [0.25, 0.3) is 0 Å². The van der Waals surface area contributed by atoms with Crippen LogP contribution in [-0.4, -0.2) is 25.5 Å². The van der Waals surface area contributed by atoms with Crippen molar-refractivity contribution in [3.05, 3.63) is 28.2 Å². The molecular formula is C13H16BrNO4S. The molecule has 110 valence electrons. The molecule has 1 saturated carbocycles. The maximum atomic E-state index is 12.3. The van der Waals surface area contributed by atoms with Crippen LogP contribution < -0.4 is 4.72 Å². The van der Waals surface area contributed by atoms with Gasteiger partial charge in [0.05, 0.1) is 11.3 Å². The number of carbonyl (C=O) groups is 1. The zero-order chi connectivity index (χ0) is 14.9. The first-order chi connectivity index (χ1) is 9.29. The van der Waals surface area contributed by atoms with Crippen molar-refractivity contribution in [3.63, 3.8) is 0 Å². The van der Waals surface area contributed by atoms with Gasteiger partial charge in [0.15, 0.2) is 0 Å². The average molecular weight is 362 g/mol. The highest BCUT2D eigenvalue weighted by Crippen LogP contribution is 2.35. The highest BCUT2D eigenvalue weighted by molar-refractivity contribution is 9.10. The molecule has 1 aromatic carbocycles. The third kappa shape index (κ3) is 3.80. The Labute approximate surface area is 126 Å². The van der Waals surface area contributed by atoms with Gasteiger partial charge in [-0.15, -0.1) is 0 Å². The summed E-state index contributed by atoms with van der Waals surface area (Å²) in [6.07, 6.45) is 1.57. The normalized spacial score (nSPS) is 16.9. The molecule has 0 spiro atoms. The van der Waals surface area contributed by atoms with Crippen LogP contribution in [0.1, 0.15) is 24.8 Å². The van der Waals surface area contributed by atoms with E-state index in [0.29, 0.717) is 0 Å². The minimum atomic E-state index is -3.68. The number of aliphatic carboxylic acids is 1. The minimum absolute atomic E-state index is 0.137. The predicted molar refractivity (Wildman–Crippen MR) is 78.0 cm³/mol. The summed E-state index contributed by atoms with van der Waals surface area (Å²) in [7, 11) is -3.68. The third-order valence-corrected chi connectivity index (χ3v) is 5.71. The second-order valence-corrected chi connectivity index (χ2v) is 7.64. The van der Waals surface area contributed by atoms with Crippen LogP contribution in [0.25, 0.3) is 0 Å². The van der Waals surface area contributed by atoms with Gasteiger partial charge in [0.1, 0.15) is 0 Å². The monoisotopic (exact) mass is 361 g/mol. The maximum Gasteiger partial charge on any atom is 0.304 e. The second-order valence-electron chi connectivity index (χ2n) is 5.07. The van der Waals surface area contributed by atoms with Crippen LogP contribution in [-0.2, 0) is 14.8 Å². The number of hydrogen-bond acceptors (Lipinski definition) is 3. The zero-order valence-electron chi connectivity index (χ0n) is 11.0. The lowest BCUT2D eigenvalue weighted by Crippen LogP contribution is -2.38. The largest absolute Gasteiger partial charge is 0.481 e. The molecule has 1 aliphatic rings. The molecule has 1 aromatic rings. The molecular weight excluding hydrogens is 346 g/mol. The first-order valence-corrected chi connectivity index (χ1v) is 8.57. The molecule has 0 aromatic heterocycles. The molecule has 5 nitrogen and oxygen atoms in total. The molecule has 0 saturated heterocycles. The van der Waals surface area contributed by atoms with E-state index in [4.69, 9.17) is 5.11 Å². The Balaban J connectivity index is 2.20. The number of aryl methyl sites for hydroxylation is 1. The molecule has 1 aliphatic carbocycles. The zero-order valence-corrected chi connectivity index (χ0v) is 13.4. The van der Waals surface area contributed by atoms with E-state index in [1.165, 1.54) is 6.07 Å². The van der Waals surface area contributed by atoms with E-state index < -0.39 is 22.0 Å². The van der Waals surface area contributed by atoms with Crippen molar-refractivity contribution in [2.24, 2.45) is 5.92 Å². The number of benzene rings is 1. The summed E-state index contributed by atoms with van der Waals surface area (Å²) >= 11 is 3.32. The van der Waals surface area contributed by atoms with Crippen molar-refractivity contribution in [2.75, 3.05) is 0 Å². The summed E-state index contributed by atoms with van der Waals surface area (Å²) in [6, 6.07) is 4.22. The number of rotatable bonds is 6. The summed E-state index contributed by atoms with van der Waals surface area (Å²) in [5.41, 5.74) is 0.814. The summed E-state index contributed by atoms with van der Waals surface area (Å²) in [4.78, 5) is 11.0. The first-order valence-electron chi connectivity index (χ1n) is 6.30. The van der Waals surface area contributed by atoms with Crippen LogP contribution >= 0.6 is 15.9 Å². The van der Waals surface area contributed by atoms with Crippen molar-refractivity contribution >= 4 is 31.9 Å². The lowest BCUT2D eigenvalue weighted by Gasteiger charge is -2.16. The van der Waals surface area contributed by atoms with Crippen molar-refractivity contribution in [1.82, 2.24) is 4.72 Å². The third-order valence-electron chi connectivity index (χ3n) is 3.33. The van der Waals surface area contributed by atoms with E-state index >= 15 is 0 Å². The minimum Gasteiger partial charge on any atom is -0.481 e. The highest BCUT2D eigenvalue weighted by atomic mass is 79.9. The number of hydrogen-bond donors (Lipinski definition) is 2. The topological polar surface area (TPSA) is 83.5 Å². The number of halogens is 1. The van der Waals surface area contributed by atoms with Crippen molar-refractivity contribution in [2.45, 2.75) is 37.1 Å². The highest BCUT2D eigenvalue weighted by Gasteiger charge is 2.35. The number of sulfonamides is 1. The number of carboxylic acids is 1. The van der Waals surface area contributed by atoms with E-state index in [1.54, 1.807) is 19.1 Å². The number of carboxylic acid groups (broad SMARTS) is 1. The lowest BCUT2D eigenvalue weighted by molar-refractivity contribution is -0.137. The van der Waals surface area contributed by atoms with Crippen molar-refractivity contribution < 1.29 is 18.3 Å². The summed E-state index contributed by atoms with van der Waals surface area (Å²) in [5.74, 6) is -0.853. The standard InChI is InChI=1S/C13H16BrNO4S/c1-8-6-10(4-5-11(8)14)20(18,19)15-12(7-13(16)17)9-2-3-9/h4-6,9,12,15H,2-3,7H2,1H3,(H,16,17). The van der Waals surface area contributed by atoms with Gasteiger partial charge in [0.2, 0.25) is 10.0 Å². The van der Waals surface area contributed by atoms with E-state index in [-0.39, 0.29) is 17.2 Å². The molecule has 2 rings (SSSR count). The molecule has 2 N–H and O–H groups in total. The summed E-state index contributed by atoms with van der Waals surface area (Å²) in [5, 5.41) is 8.87. The Morgan fingerprint density at radius 2 is 2.15 bits per heavy atom. The van der Waals surface area contributed by atoms with Gasteiger partial charge >= 0.3 is 5.97 Å². The quantitative estimate of drug-likeness (QED) is 0.813. The fraction of sp³-hybridized carbons (Fsp3) is 0.462. The van der Waals surface area contributed by atoms with E-state index in [2.05, 4.69) is 20.7 Å². The van der Waals surface area contributed by atoms with Crippen molar-refractivity contribution in [3.8, 4) is 0 Å². The van der Waals surface area contributed by atoms with Crippen LogP contribution in [0.2, 0.25) is 0 Å². The molecule has 1 atom stereocenters. The Morgan fingerprint density at radius 1 is 1.50 bits per heavy atom. The molecule has 1 fully saturated rings. The lowest BCUT2D eigenvalue weighted by atomic mass is 10.1. The molecule has 0 amide bonds. The molecule has 0 aliphatic heterocycles. The van der Waals surface area contributed by atoms with Gasteiger partial charge in [0, 0.05) is 10.5 Å². The molecule has 1 unspecified atom stereocenters.